The summed E-state index contributed by atoms with van der Waals surface area (Å²) in [5.41, 5.74) is 4.28. The third kappa shape index (κ3) is 3.07. The van der Waals surface area contributed by atoms with Gasteiger partial charge < -0.3 is 14.6 Å². The van der Waals surface area contributed by atoms with Gasteiger partial charge in [0.15, 0.2) is 0 Å². The normalized spacial score (nSPS) is 18.6. The molecule has 2 aromatic heterocycles. The van der Waals surface area contributed by atoms with Crippen molar-refractivity contribution in [2.24, 2.45) is 0 Å². The number of halogens is 1. The molecule has 4 heterocycles. The van der Waals surface area contributed by atoms with Crippen molar-refractivity contribution in [1.82, 2.24) is 19.6 Å². The lowest BCUT2D eigenvalue weighted by molar-refractivity contribution is 0.0626. The number of fused-ring (bicyclic) bond motifs is 2. The highest BCUT2D eigenvalue weighted by Gasteiger charge is 2.38. The fourth-order valence-corrected chi connectivity index (χ4v) is 4.69. The Balaban J connectivity index is 1.30. The first-order valence-electron chi connectivity index (χ1n) is 9.37. The predicted molar refractivity (Wildman–Crippen MR) is 108 cm³/mol. The van der Waals surface area contributed by atoms with Crippen LogP contribution in [-0.4, -0.2) is 38.8 Å². The molecule has 1 aromatic carbocycles. The van der Waals surface area contributed by atoms with Crippen LogP contribution in [-0.2, 0) is 13.0 Å². The van der Waals surface area contributed by atoms with E-state index in [0.717, 1.165) is 49.0 Å². The molecule has 0 aliphatic carbocycles. The summed E-state index contributed by atoms with van der Waals surface area (Å²) in [5, 5.41) is 3.75. The number of carbonyl (C=O) groups is 1. The SMILES string of the molecule is O=C(c1cn2cc(Br)ccc2n1)N1CCC2(CC1)Cc1ccccc1CN2. The van der Waals surface area contributed by atoms with E-state index in [0.29, 0.717) is 5.69 Å². The number of hydrogen-bond acceptors (Lipinski definition) is 3. The molecule has 0 atom stereocenters. The molecule has 6 heteroatoms. The van der Waals surface area contributed by atoms with Gasteiger partial charge in [-0.2, -0.15) is 0 Å². The van der Waals surface area contributed by atoms with Crippen LogP contribution in [0.3, 0.4) is 0 Å². The number of benzene rings is 1. The molecule has 0 radical (unpaired) electrons. The van der Waals surface area contributed by atoms with Gasteiger partial charge in [0.05, 0.1) is 0 Å². The summed E-state index contributed by atoms with van der Waals surface area (Å²) in [5.74, 6) is 0.0286. The summed E-state index contributed by atoms with van der Waals surface area (Å²) >= 11 is 3.46. The van der Waals surface area contributed by atoms with Gasteiger partial charge in [0.1, 0.15) is 11.3 Å². The Morgan fingerprint density at radius 3 is 2.67 bits per heavy atom. The second-order valence-corrected chi connectivity index (χ2v) is 8.53. The highest BCUT2D eigenvalue weighted by molar-refractivity contribution is 9.10. The van der Waals surface area contributed by atoms with Crippen LogP contribution in [0.25, 0.3) is 5.65 Å². The monoisotopic (exact) mass is 424 g/mol. The third-order valence-corrected chi connectivity index (χ3v) is 6.41. The molecule has 0 saturated carbocycles. The number of nitrogens with one attached hydrogen (secondary N) is 1. The average molecular weight is 425 g/mol. The minimum atomic E-state index is 0.0286. The zero-order valence-corrected chi connectivity index (χ0v) is 16.6. The minimum absolute atomic E-state index is 0.0286. The standard InChI is InChI=1S/C21H21BrN4O/c22-17-5-6-19-24-18(14-26(19)13-17)20(27)25-9-7-21(8-10-25)11-15-3-1-2-4-16(15)12-23-21/h1-6,13-14,23H,7-12H2. The van der Waals surface area contributed by atoms with Crippen LogP contribution in [0.5, 0.6) is 0 Å². The number of rotatable bonds is 1. The summed E-state index contributed by atoms with van der Waals surface area (Å²) in [6.45, 7) is 2.46. The molecular weight excluding hydrogens is 404 g/mol. The first kappa shape index (κ1) is 17.0. The molecule has 1 fully saturated rings. The minimum Gasteiger partial charge on any atom is -0.337 e. The van der Waals surface area contributed by atoms with Crippen molar-refractivity contribution in [2.45, 2.75) is 31.3 Å². The van der Waals surface area contributed by atoms with Crippen LogP contribution in [0, 0.1) is 0 Å². The van der Waals surface area contributed by atoms with Crippen molar-refractivity contribution >= 4 is 27.5 Å². The Labute approximate surface area is 166 Å². The van der Waals surface area contributed by atoms with Gasteiger partial charge >= 0.3 is 0 Å². The topological polar surface area (TPSA) is 49.6 Å². The van der Waals surface area contributed by atoms with Crippen LogP contribution < -0.4 is 5.32 Å². The van der Waals surface area contributed by atoms with Gasteiger partial charge in [-0.15, -0.1) is 0 Å². The zero-order valence-electron chi connectivity index (χ0n) is 15.0. The number of aromatic nitrogens is 2. The highest BCUT2D eigenvalue weighted by atomic mass is 79.9. The number of carbonyl (C=O) groups excluding carboxylic acids is 1. The van der Waals surface area contributed by atoms with Crippen LogP contribution >= 0.6 is 15.9 Å². The summed E-state index contributed by atoms with van der Waals surface area (Å²) in [6.07, 6.45) is 6.75. The van der Waals surface area contributed by atoms with Crippen molar-refractivity contribution in [3.05, 3.63) is 70.1 Å². The van der Waals surface area contributed by atoms with Gasteiger partial charge in [-0.05, 0) is 58.5 Å². The number of likely N-dealkylation sites (tertiary alicyclic amines) is 1. The van der Waals surface area contributed by atoms with Gasteiger partial charge in [-0.25, -0.2) is 4.98 Å². The van der Waals surface area contributed by atoms with Crippen molar-refractivity contribution in [2.75, 3.05) is 13.1 Å². The van der Waals surface area contributed by atoms with E-state index in [-0.39, 0.29) is 11.4 Å². The Morgan fingerprint density at radius 2 is 1.85 bits per heavy atom. The van der Waals surface area contributed by atoms with Crippen LogP contribution in [0.1, 0.15) is 34.5 Å². The Hall–Kier alpha value is -2.18. The summed E-state index contributed by atoms with van der Waals surface area (Å²) in [7, 11) is 0. The Morgan fingerprint density at radius 1 is 1.07 bits per heavy atom. The maximum atomic E-state index is 12.9. The fraction of sp³-hybridized carbons (Fsp3) is 0.333. The number of nitrogens with zero attached hydrogens (tertiary/aromatic N) is 3. The molecule has 3 aromatic rings. The van der Waals surface area contributed by atoms with E-state index >= 15 is 0 Å². The van der Waals surface area contributed by atoms with E-state index in [1.165, 1.54) is 11.1 Å². The summed E-state index contributed by atoms with van der Waals surface area (Å²) in [4.78, 5) is 19.4. The van der Waals surface area contributed by atoms with Crippen molar-refractivity contribution in [3.63, 3.8) is 0 Å². The number of hydrogen-bond donors (Lipinski definition) is 1. The molecule has 2 aliphatic heterocycles. The van der Waals surface area contributed by atoms with E-state index in [9.17, 15) is 4.79 Å². The molecule has 138 valence electrons. The molecule has 5 nitrogen and oxygen atoms in total. The van der Waals surface area contributed by atoms with E-state index in [2.05, 4.69) is 50.5 Å². The van der Waals surface area contributed by atoms with Gasteiger partial charge in [-0.1, -0.05) is 24.3 Å². The molecule has 0 bridgehead atoms. The third-order valence-electron chi connectivity index (χ3n) is 5.94. The zero-order chi connectivity index (χ0) is 18.4. The molecule has 2 aliphatic rings. The smallest absolute Gasteiger partial charge is 0.274 e. The summed E-state index contributed by atoms with van der Waals surface area (Å²) in [6, 6.07) is 12.5. The molecule has 27 heavy (non-hydrogen) atoms. The van der Waals surface area contributed by atoms with Crippen molar-refractivity contribution < 1.29 is 4.79 Å². The average Bonchev–Trinajstić information content (AvgIpc) is 3.11. The molecule has 1 saturated heterocycles. The van der Waals surface area contributed by atoms with Gasteiger partial charge in [0.25, 0.3) is 5.91 Å². The van der Waals surface area contributed by atoms with Crippen molar-refractivity contribution in [1.29, 1.82) is 0 Å². The van der Waals surface area contributed by atoms with E-state index in [4.69, 9.17) is 0 Å². The molecule has 1 spiro atoms. The highest BCUT2D eigenvalue weighted by Crippen LogP contribution is 2.32. The summed E-state index contributed by atoms with van der Waals surface area (Å²) < 4.78 is 2.86. The van der Waals surface area contributed by atoms with E-state index in [1.54, 1.807) is 0 Å². The van der Waals surface area contributed by atoms with E-state index < -0.39 is 0 Å². The second-order valence-electron chi connectivity index (χ2n) is 7.61. The lowest BCUT2D eigenvalue weighted by atomic mass is 9.78. The molecule has 1 N–H and O–H groups in total. The predicted octanol–water partition coefficient (Wildman–Crippen LogP) is 3.42. The Kier molecular flexibility index (Phi) is 4.06. The molecule has 1 amide bonds. The first-order valence-corrected chi connectivity index (χ1v) is 10.2. The number of amides is 1. The van der Waals surface area contributed by atoms with Crippen LogP contribution in [0.15, 0.2) is 53.3 Å². The molecule has 5 rings (SSSR count). The lowest BCUT2D eigenvalue weighted by Crippen LogP contribution is -2.57. The fourth-order valence-electron chi connectivity index (χ4n) is 4.33. The molecule has 0 unspecified atom stereocenters. The molecular formula is C21H21BrN4O. The first-order chi connectivity index (χ1) is 13.1. The van der Waals surface area contributed by atoms with E-state index in [1.807, 2.05) is 33.8 Å². The van der Waals surface area contributed by atoms with Crippen molar-refractivity contribution in [3.8, 4) is 0 Å². The Bertz CT molecular complexity index is 1020. The van der Waals surface area contributed by atoms with Gasteiger partial charge in [0.2, 0.25) is 0 Å². The van der Waals surface area contributed by atoms with Crippen LogP contribution in [0.4, 0.5) is 0 Å². The maximum absolute atomic E-state index is 12.9. The second kappa shape index (κ2) is 6.46. The largest absolute Gasteiger partial charge is 0.337 e. The number of pyridine rings is 1. The quantitative estimate of drug-likeness (QED) is 0.650. The van der Waals surface area contributed by atoms with Gasteiger partial charge in [-0.3, -0.25) is 4.79 Å². The van der Waals surface area contributed by atoms with Gasteiger partial charge in [0, 0.05) is 42.0 Å². The number of imidazole rings is 1. The maximum Gasteiger partial charge on any atom is 0.274 e. The number of piperidine rings is 1. The lowest BCUT2D eigenvalue weighted by Gasteiger charge is -2.45. The van der Waals surface area contributed by atoms with Crippen LogP contribution in [0.2, 0.25) is 0 Å².